The van der Waals surface area contributed by atoms with Crippen LogP contribution in [0.3, 0.4) is 0 Å². The molecule has 1 nitrogen and oxygen atoms in total. The summed E-state index contributed by atoms with van der Waals surface area (Å²) in [7, 11) is 3.36. The summed E-state index contributed by atoms with van der Waals surface area (Å²) in [5.74, 6) is 0.389. The van der Waals surface area contributed by atoms with E-state index >= 15 is 0 Å². The van der Waals surface area contributed by atoms with Gasteiger partial charge >= 0.3 is 0 Å². The quantitative estimate of drug-likeness (QED) is 0.487. The normalized spacial score (nSPS) is 38.5. The van der Waals surface area contributed by atoms with Gasteiger partial charge in [-0.2, -0.15) is 0 Å². The van der Waals surface area contributed by atoms with Crippen LogP contribution < -0.4 is 0 Å². The van der Waals surface area contributed by atoms with Crippen LogP contribution in [-0.2, 0) is 4.79 Å². The highest BCUT2D eigenvalue weighted by atomic mass is 33.1. The molecular weight excluding hydrogens is 140 g/mol. The van der Waals surface area contributed by atoms with Crippen molar-refractivity contribution in [2.45, 2.75) is 24.3 Å². The highest BCUT2D eigenvalue weighted by Crippen LogP contribution is 2.40. The number of ketones is 1. The molecule has 0 aromatic carbocycles. The summed E-state index contributed by atoms with van der Waals surface area (Å²) in [5, 5.41) is 0.463. The Kier molecular flexibility index (Phi) is 1.88. The molecule has 0 bridgehead atoms. The van der Waals surface area contributed by atoms with Gasteiger partial charge in [0, 0.05) is 0 Å². The van der Waals surface area contributed by atoms with E-state index < -0.39 is 0 Å². The Balaban J connectivity index is 2.57. The number of carbonyl (C=O) groups is 1. The average Bonchev–Trinajstić information content (AvgIpc) is 1.98. The first-order valence-corrected chi connectivity index (χ1v) is 4.85. The van der Waals surface area contributed by atoms with Crippen LogP contribution in [0.2, 0.25) is 0 Å². The summed E-state index contributed by atoms with van der Waals surface area (Å²) in [6.45, 7) is 3.92. The fourth-order valence-electron chi connectivity index (χ4n) is 0.592. The summed E-state index contributed by atoms with van der Waals surface area (Å²) in [4.78, 5) is 10.9. The van der Waals surface area contributed by atoms with E-state index in [1.165, 1.54) is 0 Å². The molecule has 46 valence electrons. The zero-order valence-corrected chi connectivity index (χ0v) is 6.51. The molecule has 1 heterocycles. The van der Waals surface area contributed by atoms with E-state index in [1.54, 1.807) is 21.6 Å². The van der Waals surface area contributed by atoms with Gasteiger partial charge in [0.05, 0.1) is 10.5 Å². The zero-order valence-electron chi connectivity index (χ0n) is 4.88. The molecular formula is C5H8OS2. The van der Waals surface area contributed by atoms with E-state index in [1.807, 2.05) is 13.8 Å². The lowest BCUT2D eigenvalue weighted by Crippen LogP contribution is -2.14. The summed E-state index contributed by atoms with van der Waals surface area (Å²) < 4.78 is 0. The van der Waals surface area contributed by atoms with Gasteiger partial charge in [-0.3, -0.25) is 4.79 Å². The van der Waals surface area contributed by atoms with Gasteiger partial charge in [0.25, 0.3) is 0 Å². The number of Topliss-reactive ketones (excluding diaryl/α,β-unsaturated/α-hetero) is 1. The molecule has 0 amide bonds. The maximum absolute atomic E-state index is 10.9. The molecule has 3 heteroatoms. The average molecular weight is 148 g/mol. The van der Waals surface area contributed by atoms with Gasteiger partial charge in [-0.1, -0.05) is 21.6 Å². The van der Waals surface area contributed by atoms with E-state index in [0.717, 1.165) is 0 Å². The van der Waals surface area contributed by atoms with Crippen molar-refractivity contribution in [1.29, 1.82) is 0 Å². The molecule has 1 saturated heterocycles. The molecule has 1 rings (SSSR count). The fraction of sp³-hybridized carbons (Fsp3) is 0.800. The fourth-order valence-corrected chi connectivity index (χ4v) is 3.18. The second-order valence-electron chi connectivity index (χ2n) is 1.88. The Hall–Kier alpha value is 0.370. The minimum absolute atomic E-state index is 0.231. The van der Waals surface area contributed by atoms with Gasteiger partial charge in [-0.15, -0.1) is 0 Å². The van der Waals surface area contributed by atoms with Crippen LogP contribution in [0, 0.1) is 0 Å². The topological polar surface area (TPSA) is 17.1 Å². The predicted molar refractivity (Wildman–Crippen MR) is 39.1 cm³/mol. The molecule has 0 unspecified atom stereocenters. The third kappa shape index (κ3) is 1.03. The first-order valence-electron chi connectivity index (χ1n) is 2.57. The predicted octanol–water partition coefficient (Wildman–Crippen LogP) is 1.73. The lowest BCUT2D eigenvalue weighted by Gasteiger charge is -1.93. The third-order valence-electron chi connectivity index (χ3n) is 1.15. The summed E-state index contributed by atoms with van der Waals surface area (Å²) in [6, 6.07) is 0. The number of hydrogen-bond donors (Lipinski definition) is 0. The Morgan fingerprint density at radius 2 is 1.62 bits per heavy atom. The first kappa shape index (κ1) is 6.49. The molecule has 0 aromatic rings. The summed E-state index contributed by atoms with van der Waals surface area (Å²) >= 11 is 0. The van der Waals surface area contributed by atoms with Crippen LogP contribution in [0.5, 0.6) is 0 Å². The standard InChI is InChI=1S/C5H8OS2/c1-3-5(6)4(2)8-7-3/h3-4H,1-2H3/t3-,4-/m1/s1. The van der Waals surface area contributed by atoms with E-state index in [9.17, 15) is 4.79 Å². The Bertz CT molecular complexity index is 101. The van der Waals surface area contributed by atoms with Crippen LogP contribution in [0.15, 0.2) is 0 Å². The van der Waals surface area contributed by atoms with Crippen LogP contribution in [-0.4, -0.2) is 16.3 Å². The summed E-state index contributed by atoms with van der Waals surface area (Å²) in [6.07, 6.45) is 0. The molecule has 1 aliphatic heterocycles. The van der Waals surface area contributed by atoms with E-state index in [0.29, 0.717) is 5.78 Å². The van der Waals surface area contributed by atoms with E-state index in [4.69, 9.17) is 0 Å². The molecule has 2 atom stereocenters. The molecule has 0 saturated carbocycles. The third-order valence-corrected chi connectivity index (χ3v) is 4.36. The Labute approximate surface area is 57.0 Å². The van der Waals surface area contributed by atoms with E-state index in [-0.39, 0.29) is 10.5 Å². The van der Waals surface area contributed by atoms with Crippen molar-refractivity contribution >= 4 is 27.4 Å². The molecule has 8 heavy (non-hydrogen) atoms. The maximum Gasteiger partial charge on any atom is 0.159 e. The Morgan fingerprint density at radius 1 is 1.25 bits per heavy atom. The van der Waals surface area contributed by atoms with Crippen molar-refractivity contribution < 1.29 is 4.79 Å². The van der Waals surface area contributed by atoms with Crippen molar-refractivity contribution in [3.8, 4) is 0 Å². The maximum atomic E-state index is 10.9. The second kappa shape index (κ2) is 2.31. The molecule has 0 aromatic heterocycles. The van der Waals surface area contributed by atoms with Gasteiger partial charge in [0.1, 0.15) is 0 Å². The van der Waals surface area contributed by atoms with Gasteiger partial charge < -0.3 is 0 Å². The lowest BCUT2D eigenvalue weighted by molar-refractivity contribution is -0.117. The molecule has 1 fully saturated rings. The highest BCUT2D eigenvalue weighted by molar-refractivity contribution is 8.78. The zero-order chi connectivity index (χ0) is 6.15. The largest absolute Gasteiger partial charge is 0.297 e. The smallest absolute Gasteiger partial charge is 0.159 e. The lowest BCUT2D eigenvalue weighted by atomic mass is 10.2. The molecule has 0 spiro atoms. The highest BCUT2D eigenvalue weighted by Gasteiger charge is 2.28. The van der Waals surface area contributed by atoms with Crippen molar-refractivity contribution in [1.82, 2.24) is 0 Å². The van der Waals surface area contributed by atoms with E-state index in [2.05, 4.69) is 0 Å². The number of hydrogen-bond acceptors (Lipinski definition) is 3. The minimum Gasteiger partial charge on any atom is -0.297 e. The van der Waals surface area contributed by atoms with Gasteiger partial charge in [0.2, 0.25) is 0 Å². The molecule has 0 radical (unpaired) electrons. The van der Waals surface area contributed by atoms with Crippen LogP contribution in [0.25, 0.3) is 0 Å². The van der Waals surface area contributed by atoms with Crippen molar-refractivity contribution in [2.24, 2.45) is 0 Å². The number of carbonyl (C=O) groups excluding carboxylic acids is 1. The van der Waals surface area contributed by atoms with Crippen molar-refractivity contribution in [3.63, 3.8) is 0 Å². The van der Waals surface area contributed by atoms with Crippen LogP contribution in [0.4, 0.5) is 0 Å². The molecule has 1 aliphatic rings. The minimum atomic E-state index is 0.231. The van der Waals surface area contributed by atoms with Crippen molar-refractivity contribution in [2.75, 3.05) is 0 Å². The molecule has 0 aliphatic carbocycles. The summed E-state index contributed by atoms with van der Waals surface area (Å²) in [5.41, 5.74) is 0. The van der Waals surface area contributed by atoms with Crippen LogP contribution in [0.1, 0.15) is 13.8 Å². The Morgan fingerprint density at radius 3 is 1.75 bits per heavy atom. The molecule has 0 N–H and O–H groups in total. The van der Waals surface area contributed by atoms with Crippen molar-refractivity contribution in [3.05, 3.63) is 0 Å². The SMILES string of the molecule is C[C@H]1SS[C@H](C)C1=O. The monoisotopic (exact) mass is 148 g/mol. The first-order chi connectivity index (χ1) is 3.72. The van der Waals surface area contributed by atoms with Gasteiger partial charge in [-0.05, 0) is 13.8 Å². The van der Waals surface area contributed by atoms with Crippen LogP contribution >= 0.6 is 21.6 Å². The van der Waals surface area contributed by atoms with Gasteiger partial charge in [0.15, 0.2) is 5.78 Å². The number of rotatable bonds is 0. The van der Waals surface area contributed by atoms with Gasteiger partial charge in [-0.25, -0.2) is 0 Å². The second-order valence-corrected chi connectivity index (χ2v) is 4.83.